The summed E-state index contributed by atoms with van der Waals surface area (Å²) in [5.41, 5.74) is 11.2. The van der Waals surface area contributed by atoms with E-state index < -0.39 is 92.5 Å². The smallest absolute Gasteiger partial charge is 0.364 e. The summed E-state index contributed by atoms with van der Waals surface area (Å²) in [4.78, 5) is 11.9. The molecule has 0 spiro atoms. The van der Waals surface area contributed by atoms with Crippen LogP contribution in [0.25, 0.3) is 0 Å². The number of carboxylic acids is 1. The van der Waals surface area contributed by atoms with E-state index in [1.807, 2.05) is 0 Å². The number of nitrogens with two attached hydrogens (primary N) is 2. The van der Waals surface area contributed by atoms with Gasteiger partial charge in [0.1, 0.15) is 36.6 Å². The lowest BCUT2D eigenvalue weighted by Gasteiger charge is -2.46. The van der Waals surface area contributed by atoms with E-state index in [0.717, 1.165) is 0 Å². The Morgan fingerprint density at radius 1 is 1.14 bits per heavy atom. The van der Waals surface area contributed by atoms with Gasteiger partial charge >= 0.3 is 5.97 Å². The molecule has 14 nitrogen and oxygen atoms in total. The minimum atomic E-state index is -2.57. The quantitative estimate of drug-likeness (QED) is 0.181. The third-order valence-electron chi connectivity index (χ3n) is 5.12. The number of hydrogen-bond acceptors (Lipinski definition) is 13. The predicted molar refractivity (Wildman–Crippen MR) is 89.8 cm³/mol. The van der Waals surface area contributed by atoms with Crippen molar-refractivity contribution < 1.29 is 59.9 Å². The Kier molecular flexibility index (Phi) is 7.88. The summed E-state index contributed by atoms with van der Waals surface area (Å²) < 4.78 is 15.5. The first-order valence-corrected chi connectivity index (χ1v) is 8.86. The molecule has 2 aliphatic heterocycles. The molecule has 2 fully saturated rings. The Balaban J connectivity index is 2.19. The molecule has 4 unspecified atom stereocenters. The van der Waals surface area contributed by atoms with Crippen LogP contribution >= 0.6 is 0 Å². The third kappa shape index (κ3) is 4.84. The van der Waals surface area contributed by atoms with Crippen molar-refractivity contribution in [2.24, 2.45) is 11.5 Å². The minimum Gasteiger partial charge on any atom is -0.477 e. The maximum absolute atomic E-state index is 11.9. The number of carbonyl (C=O) groups is 1. The largest absolute Gasteiger partial charge is 0.477 e. The molecule has 12 N–H and O–H groups in total. The van der Waals surface area contributed by atoms with E-state index >= 15 is 0 Å². The average Bonchev–Trinajstić information content (AvgIpc) is 2.69. The summed E-state index contributed by atoms with van der Waals surface area (Å²) in [6.45, 7) is -1.61. The van der Waals surface area contributed by atoms with Crippen LogP contribution in [0.5, 0.6) is 0 Å². The summed E-state index contributed by atoms with van der Waals surface area (Å²) in [7, 11) is 0. The van der Waals surface area contributed by atoms with Crippen molar-refractivity contribution in [3.8, 4) is 0 Å². The van der Waals surface area contributed by atoms with Gasteiger partial charge in [0.25, 0.3) is 5.79 Å². The second-order valence-electron chi connectivity index (χ2n) is 7.16. The highest BCUT2D eigenvalue weighted by molar-refractivity contribution is 5.76. The molecule has 0 saturated carbocycles. The molecule has 0 bridgehead atoms. The van der Waals surface area contributed by atoms with Gasteiger partial charge in [-0.15, -0.1) is 0 Å². The molecule has 2 rings (SSSR count). The summed E-state index contributed by atoms with van der Waals surface area (Å²) in [5.74, 6) is -4.29. The highest BCUT2D eigenvalue weighted by Gasteiger charge is 2.55. The summed E-state index contributed by atoms with van der Waals surface area (Å²) in [6, 6.07) is -2.62. The molecule has 0 aliphatic carbocycles. The minimum absolute atomic E-state index is 0.685. The standard InChI is InChI=1S/C15H28N2O12/c16-7-4(19)1-15(14(25)26,29-12(7)9(21)5(20)2-18)27-3-6-10(22)11(23)8(17)13(24)28-6/h4-13,18-24H,1-3,16-17H2,(H,25,26)/t4-,5-,6?,7-,8?,9-,10+,11?,12?,13+,15-/m1/s1. The zero-order valence-electron chi connectivity index (χ0n) is 15.3. The SMILES string of the molecule is NC1C(O)[C@@H](O)C(CO[C@]2(C(=O)O)C[C@@H](O)[C@@H](N)C([C@H](O)[C@H](O)CO)O2)O[C@@H]1O. The first-order valence-electron chi connectivity index (χ1n) is 8.86. The van der Waals surface area contributed by atoms with Crippen LogP contribution in [0.15, 0.2) is 0 Å². The van der Waals surface area contributed by atoms with Gasteiger partial charge in [-0.1, -0.05) is 0 Å². The van der Waals surface area contributed by atoms with Crippen molar-refractivity contribution in [2.75, 3.05) is 13.2 Å². The van der Waals surface area contributed by atoms with Gasteiger partial charge in [0.05, 0.1) is 31.4 Å². The Morgan fingerprint density at radius 3 is 2.31 bits per heavy atom. The van der Waals surface area contributed by atoms with Crippen molar-refractivity contribution in [2.45, 2.75) is 73.3 Å². The van der Waals surface area contributed by atoms with Gasteiger partial charge in [0.15, 0.2) is 6.29 Å². The van der Waals surface area contributed by atoms with Crippen molar-refractivity contribution in [1.82, 2.24) is 0 Å². The van der Waals surface area contributed by atoms with Crippen LogP contribution in [-0.4, -0.2) is 127 Å². The van der Waals surface area contributed by atoms with Crippen LogP contribution in [0.1, 0.15) is 6.42 Å². The molecule has 0 aromatic carbocycles. The molecule has 2 saturated heterocycles. The van der Waals surface area contributed by atoms with Gasteiger partial charge in [-0.25, -0.2) is 4.79 Å². The predicted octanol–water partition coefficient (Wildman–Crippen LogP) is -6.26. The number of ether oxygens (including phenoxy) is 3. The fourth-order valence-electron chi connectivity index (χ4n) is 3.21. The number of aliphatic carboxylic acids is 1. The monoisotopic (exact) mass is 428 g/mol. The van der Waals surface area contributed by atoms with E-state index in [0.29, 0.717) is 0 Å². The second kappa shape index (κ2) is 9.42. The van der Waals surface area contributed by atoms with Crippen LogP contribution < -0.4 is 11.5 Å². The van der Waals surface area contributed by atoms with E-state index in [1.54, 1.807) is 0 Å². The molecule has 170 valence electrons. The molecule has 0 radical (unpaired) electrons. The Hall–Kier alpha value is -1.01. The van der Waals surface area contributed by atoms with Gasteiger partial charge in [0.2, 0.25) is 0 Å². The molecule has 14 heteroatoms. The van der Waals surface area contributed by atoms with Gasteiger partial charge in [-0.2, -0.15) is 0 Å². The molecule has 11 atom stereocenters. The summed E-state index contributed by atoms with van der Waals surface area (Å²) in [5, 5.41) is 78.0. The van der Waals surface area contributed by atoms with Gasteiger partial charge in [-0.05, 0) is 0 Å². The van der Waals surface area contributed by atoms with Crippen molar-refractivity contribution >= 4 is 5.97 Å². The van der Waals surface area contributed by atoms with E-state index in [9.17, 15) is 40.5 Å². The number of aliphatic hydroxyl groups excluding tert-OH is 7. The van der Waals surface area contributed by atoms with Crippen LogP contribution in [-0.2, 0) is 19.0 Å². The van der Waals surface area contributed by atoms with Gasteiger partial charge < -0.3 is 66.5 Å². The molecule has 2 aliphatic rings. The van der Waals surface area contributed by atoms with E-state index in [1.165, 1.54) is 0 Å². The molecule has 2 heterocycles. The Morgan fingerprint density at radius 2 is 1.76 bits per heavy atom. The van der Waals surface area contributed by atoms with Crippen molar-refractivity contribution in [3.63, 3.8) is 0 Å². The van der Waals surface area contributed by atoms with E-state index in [4.69, 9.17) is 30.8 Å². The maximum Gasteiger partial charge on any atom is 0.364 e. The van der Waals surface area contributed by atoms with Crippen LogP contribution in [0.2, 0.25) is 0 Å². The van der Waals surface area contributed by atoms with Crippen molar-refractivity contribution in [1.29, 1.82) is 0 Å². The lowest BCUT2D eigenvalue weighted by Crippen LogP contribution is -2.67. The zero-order chi connectivity index (χ0) is 22.1. The Bertz CT molecular complexity index is 569. The van der Waals surface area contributed by atoms with Gasteiger partial charge in [0, 0.05) is 6.42 Å². The summed E-state index contributed by atoms with van der Waals surface area (Å²) in [6.07, 6.45) is -13.8. The molecule has 0 amide bonds. The first-order chi connectivity index (χ1) is 13.4. The average molecular weight is 428 g/mol. The lowest BCUT2D eigenvalue weighted by molar-refractivity contribution is -0.326. The Labute approximate surface area is 164 Å². The number of carboxylic acid groups (broad SMARTS) is 1. The fourth-order valence-corrected chi connectivity index (χ4v) is 3.21. The lowest BCUT2D eigenvalue weighted by atomic mass is 9.89. The normalized spacial score (nSPS) is 45.6. The zero-order valence-corrected chi connectivity index (χ0v) is 15.3. The molecule has 0 aromatic heterocycles. The highest BCUT2D eigenvalue weighted by atomic mass is 16.7. The first kappa shape index (κ1) is 24.3. The fraction of sp³-hybridized carbons (Fsp3) is 0.933. The number of rotatable bonds is 7. The summed E-state index contributed by atoms with van der Waals surface area (Å²) >= 11 is 0. The topological polar surface area (TPSA) is 259 Å². The third-order valence-corrected chi connectivity index (χ3v) is 5.12. The van der Waals surface area contributed by atoms with Crippen LogP contribution in [0, 0.1) is 0 Å². The maximum atomic E-state index is 11.9. The van der Waals surface area contributed by atoms with Crippen molar-refractivity contribution in [3.05, 3.63) is 0 Å². The second-order valence-corrected chi connectivity index (χ2v) is 7.16. The van der Waals surface area contributed by atoms with E-state index in [-0.39, 0.29) is 0 Å². The molecular weight excluding hydrogens is 400 g/mol. The number of hydrogen-bond donors (Lipinski definition) is 10. The van der Waals surface area contributed by atoms with Crippen LogP contribution in [0.3, 0.4) is 0 Å². The van der Waals surface area contributed by atoms with E-state index in [2.05, 4.69) is 0 Å². The molecule has 0 aromatic rings. The number of aliphatic hydroxyl groups is 7. The van der Waals surface area contributed by atoms with Crippen LogP contribution in [0.4, 0.5) is 0 Å². The van der Waals surface area contributed by atoms with Gasteiger partial charge in [-0.3, -0.25) is 0 Å². The molecular formula is C15H28N2O12. The highest BCUT2D eigenvalue weighted by Crippen LogP contribution is 2.33. The molecule has 29 heavy (non-hydrogen) atoms.